The van der Waals surface area contributed by atoms with Gasteiger partial charge in [-0.3, -0.25) is 0 Å². The third kappa shape index (κ3) is 1.64. The average molecular weight is 211 g/mol. The zero-order valence-electron chi connectivity index (χ0n) is 8.52. The molecule has 2 unspecified atom stereocenters. The molecule has 1 aliphatic rings. The van der Waals surface area contributed by atoms with Gasteiger partial charge >= 0.3 is 0 Å². The van der Waals surface area contributed by atoms with E-state index in [-0.39, 0.29) is 0 Å². The minimum absolute atomic E-state index is 0.603. The molecular weight excluding hydrogens is 194 g/mol. The predicted molar refractivity (Wildman–Crippen MR) is 60.7 cm³/mol. The lowest BCUT2D eigenvalue weighted by molar-refractivity contribution is 0.469. The number of thiazole rings is 1. The smallest absolute Gasteiger partial charge is 0.185 e. The number of hydrogen-bond acceptors (Lipinski definition) is 4. The predicted octanol–water partition coefficient (Wildman–Crippen LogP) is 1.71. The fourth-order valence-corrected chi connectivity index (χ4v) is 3.07. The van der Waals surface area contributed by atoms with Gasteiger partial charge in [0.25, 0.3) is 0 Å². The molecule has 0 radical (unpaired) electrons. The van der Waals surface area contributed by atoms with Crippen molar-refractivity contribution in [2.75, 3.05) is 18.0 Å². The molecule has 1 aliphatic heterocycles. The molecule has 1 fully saturated rings. The third-order valence-electron chi connectivity index (χ3n) is 3.07. The summed E-state index contributed by atoms with van der Waals surface area (Å²) in [6.45, 7) is 4.16. The SMILES string of the molecule is CCC1C(CN)CCN1c1nccs1. The van der Waals surface area contributed by atoms with E-state index in [1.807, 2.05) is 11.6 Å². The van der Waals surface area contributed by atoms with Crippen LogP contribution in [0.4, 0.5) is 5.13 Å². The summed E-state index contributed by atoms with van der Waals surface area (Å²) in [6, 6.07) is 0.603. The quantitative estimate of drug-likeness (QED) is 0.827. The molecule has 2 N–H and O–H groups in total. The number of nitrogens with two attached hydrogens (primary N) is 1. The molecule has 0 spiro atoms. The van der Waals surface area contributed by atoms with E-state index in [9.17, 15) is 0 Å². The van der Waals surface area contributed by atoms with E-state index in [0.717, 1.165) is 18.2 Å². The molecule has 1 aromatic rings. The van der Waals surface area contributed by atoms with Crippen LogP contribution in [0, 0.1) is 5.92 Å². The molecule has 14 heavy (non-hydrogen) atoms. The fraction of sp³-hybridized carbons (Fsp3) is 0.700. The van der Waals surface area contributed by atoms with Gasteiger partial charge in [-0.15, -0.1) is 11.3 Å². The Labute approximate surface area is 88.9 Å². The maximum atomic E-state index is 5.77. The van der Waals surface area contributed by atoms with E-state index in [2.05, 4.69) is 16.8 Å². The summed E-state index contributed by atoms with van der Waals surface area (Å²) in [5.74, 6) is 0.656. The topological polar surface area (TPSA) is 42.1 Å². The van der Waals surface area contributed by atoms with Gasteiger partial charge in [-0.1, -0.05) is 6.92 Å². The molecule has 0 saturated carbocycles. The van der Waals surface area contributed by atoms with Crippen LogP contribution in [-0.2, 0) is 0 Å². The summed E-state index contributed by atoms with van der Waals surface area (Å²) in [5, 5.41) is 3.20. The van der Waals surface area contributed by atoms with Crippen LogP contribution in [0.15, 0.2) is 11.6 Å². The molecule has 3 nitrogen and oxygen atoms in total. The van der Waals surface area contributed by atoms with Gasteiger partial charge in [0.15, 0.2) is 5.13 Å². The van der Waals surface area contributed by atoms with Crippen LogP contribution in [0.1, 0.15) is 19.8 Å². The first-order valence-corrected chi connectivity index (χ1v) is 6.11. The molecule has 0 amide bonds. The van der Waals surface area contributed by atoms with E-state index in [0.29, 0.717) is 12.0 Å². The number of hydrogen-bond donors (Lipinski definition) is 1. The second-order valence-electron chi connectivity index (χ2n) is 3.77. The maximum Gasteiger partial charge on any atom is 0.185 e. The highest BCUT2D eigenvalue weighted by Crippen LogP contribution is 2.31. The maximum absolute atomic E-state index is 5.77. The average Bonchev–Trinajstić information content (AvgIpc) is 2.85. The highest BCUT2D eigenvalue weighted by molar-refractivity contribution is 7.13. The number of anilines is 1. The van der Waals surface area contributed by atoms with Crippen molar-refractivity contribution < 1.29 is 0 Å². The van der Waals surface area contributed by atoms with Crippen molar-refractivity contribution in [1.29, 1.82) is 0 Å². The van der Waals surface area contributed by atoms with Crippen LogP contribution in [0.3, 0.4) is 0 Å². The summed E-state index contributed by atoms with van der Waals surface area (Å²) < 4.78 is 0. The van der Waals surface area contributed by atoms with Crippen molar-refractivity contribution in [1.82, 2.24) is 4.98 Å². The summed E-state index contributed by atoms with van der Waals surface area (Å²) in [4.78, 5) is 6.79. The van der Waals surface area contributed by atoms with Gasteiger partial charge in [-0.05, 0) is 25.3 Å². The second kappa shape index (κ2) is 4.28. The molecule has 0 aliphatic carbocycles. The first-order valence-electron chi connectivity index (χ1n) is 5.23. The lowest BCUT2D eigenvalue weighted by Gasteiger charge is -2.26. The Balaban J connectivity index is 2.13. The van der Waals surface area contributed by atoms with Gasteiger partial charge in [-0.25, -0.2) is 4.98 Å². The van der Waals surface area contributed by atoms with E-state index >= 15 is 0 Å². The number of nitrogens with zero attached hydrogens (tertiary/aromatic N) is 2. The monoisotopic (exact) mass is 211 g/mol. The van der Waals surface area contributed by atoms with Gasteiger partial charge in [0.2, 0.25) is 0 Å². The Morgan fingerprint density at radius 1 is 1.71 bits per heavy atom. The summed E-state index contributed by atoms with van der Waals surface area (Å²) in [5.41, 5.74) is 5.77. The largest absolute Gasteiger partial charge is 0.345 e. The standard InChI is InChI=1S/C10H17N3S/c1-2-9-8(7-11)3-5-13(9)10-12-4-6-14-10/h4,6,8-9H,2-3,5,7,11H2,1H3. The van der Waals surface area contributed by atoms with E-state index in [1.54, 1.807) is 11.3 Å². The lowest BCUT2D eigenvalue weighted by atomic mass is 9.99. The summed E-state index contributed by atoms with van der Waals surface area (Å²) >= 11 is 1.73. The fourth-order valence-electron chi connectivity index (χ4n) is 2.34. The summed E-state index contributed by atoms with van der Waals surface area (Å²) in [7, 11) is 0. The molecule has 0 bridgehead atoms. The zero-order valence-corrected chi connectivity index (χ0v) is 9.33. The first-order chi connectivity index (χ1) is 6.86. The third-order valence-corrected chi connectivity index (χ3v) is 3.88. The second-order valence-corrected chi connectivity index (χ2v) is 4.64. The highest BCUT2D eigenvalue weighted by atomic mass is 32.1. The van der Waals surface area contributed by atoms with E-state index < -0.39 is 0 Å². The molecule has 2 atom stereocenters. The van der Waals surface area contributed by atoms with Crippen LogP contribution in [0.2, 0.25) is 0 Å². The highest BCUT2D eigenvalue weighted by Gasteiger charge is 2.32. The molecule has 2 rings (SSSR count). The first kappa shape index (κ1) is 9.93. The number of aromatic nitrogens is 1. The van der Waals surface area contributed by atoms with E-state index in [4.69, 9.17) is 5.73 Å². The van der Waals surface area contributed by atoms with Crippen LogP contribution < -0.4 is 10.6 Å². The normalized spacial score (nSPS) is 27.1. The van der Waals surface area contributed by atoms with Gasteiger partial charge in [-0.2, -0.15) is 0 Å². The minimum Gasteiger partial charge on any atom is -0.345 e. The molecule has 2 heterocycles. The van der Waals surface area contributed by atoms with Gasteiger partial charge < -0.3 is 10.6 Å². The van der Waals surface area contributed by atoms with Gasteiger partial charge in [0.1, 0.15) is 0 Å². The van der Waals surface area contributed by atoms with Crippen LogP contribution in [0.25, 0.3) is 0 Å². The van der Waals surface area contributed by atoms with Gasteiger partial charge in [0.05, 0.1) is 0 Å². The Morgan fingerprint density at radius 3 is 3.14 bits per heavy atom. The lowest BCUT2D eigenvalue weighted by Crippen LogP contribution is -2.34. The van der Waals surface area contributed by atoms with Crippen molar-refractivity contribution in [2.45, 2.75) is 25.8 Å². The number of rotatable bonds is 3. The van der Waals surface area contributed by atoms with Crippen molar-refractivity contribution in [2.24, 2.45) is 11.7 Å². The molecule has 4 heteroatoms. The Kier molecular flexibility index (Phi) is 3.03. The van der Waals surface area contributed by atoms with Crippen LogP contribution >= 0.6 is 11.3 Å². The zero-order chi connectivity index (χ0) is 9.97. The Morgan fingerprint density at radius 2 is 2.57 bits per heavy atom. The van der Waals surface area contributed by atoms with Crippen LogP contribution in [-0.4, -0.2) is 24.1 Å². The van der Waals surface area contributed by atoms with Crippen molar-refractivity contribution in [3.63, 3.8) is 0 Å². The molecule has 1 aromatic heterocycles. The Hall–Kier alpha value is -0.610. The molecule has 0 aromatic carbocycles. The van der Waals surface area contributed by atoms with Crippen molar-refractivity contribution >= 4 is 16.5 Å². The molecule has 1 saturated heterocycles. The summed E-state index contributed by atoms with van der Waals surface area (Å²) in [6.07, 6.45) is 4.26. The van der Waals surface area contributed by atoms with Crippen molar-refractivity contribution in [3.05, 3.63) is 11.6 Å². The minimum atomic E-state index is 0.603. The van der Waals surface area contributed by atoms with Crippen molar-refractivity contribution in [3.8, 4) is 0 Å². The van der Waals surface area contributed by atoms with Gasteiger partial charge in [0, 0.05) is 24.2 Å². The Bertz CT molecular complexity index is 273. The van der Waals surface area contributed by atoms with E-state index in [1.165, 1.54) is 12.8 Å². The molecular formula is C10H17N3S. The van der Waals surface area contributed by atoms with Crippen LogP contribution in [0.5, 0.6) is 0 Å². The molecule has 78 valence electrons.